The summed E-state index contributed by atoms with van der Waals surface area (Å²) >= 11 is 0. The number of fused-ring (bicyclic) bond motifs is 1. The molecule has 1 amide bonds. The van der Waals surface area contributed by atoms with Crippen molar-refractivity contribution < 1.29 is 14.3 Å². The smallest absolute Gasteiger partial charge is 0.259 e. The standard InChI is InChI=1S/C18H20N2O3/c1-18(2)12-20(11-13-6-8-14(22-3)9-7-13)17(21)15-5-4-10-19-16(15)23-18/h4-10H,11-12H2,1-3H3. The molecule has 1 aliphatic heterocycles. The van der Waals surface area contributed by atoms with Crippen molar-refractivity contribution in [3.63, 3.8) is 0 Å². The zero-order valence-corrected chi connectivity index (χ0v) is 13.6. The number of carbonyl (C=O) groups is 1. The monoisotopic (exact) mass is 312 g/mol. The normalized spacial score (nSPS) is 16.3. The molecule has 2 heterocycles. The third-order valence-corrected chi connectivity index (χ3v) is 3.77. The summed E-state index contributed by atoms with van der Waals surface area (Å²) in [6.45, 7) is 4.94. The number of pyridine rings is 1. The van der Waals surface area contributed by atoms with Gasteiger partial charge < -0.3 is 14.4 Å². The van der Waals surface area contributed by atoms with Gasteiger partial charge in [-0.3, -0.25) is 4.79 Å². The van der Waals surface area contributed by atoms with Gasteiger partial charge in [0.2, 0.25) is 5.88 Å². The van der Waals surface area contributed by atoms with E-state index in [4.69, 9.17) is 9.47 Å². The number of amides is 1. The van der Waals surface area contributed by atoms with Crippen LogP contribution in [0, 0.1) is 0 Å². The second-order valence-electron chi connectivity index (χ2n) is 6.23. The van der Waals surface area contributed by atoms with Crippen molar-refractivity contribution in [3.8, 4) is 11.6 Å². The van der Waals surface area contributed by atoms with E-state index >= 15 is 0 Å². The van der Waals surface area contributed by atoms with Crippen LogP contribution in [0.25, 0.3) is 0 Å². The molecule has 120 valence electrons. The minimum absolute atomic E-state index is 0.0607. The van der Waals surface area contributed by atoms with Gasteiger partial charge in [-0.05, 0) is 43.7 Å². The highest BCUT2D eigenvalue weighted by molar-refractivity contribution is 5.96. The molecular weight excluding hydrogens is 292 g/mol. The summed E-state index contributed by atoms with van der Waals surface area (Å²) in [5.41, 5.74) is 1.05. The number of carbonyl (C=O) groups excluding carboxylic acids is 1. The van der Waals surface area contributed by atoms with Crippen LogP contribution in [0.3, 0.4) is 0 Å². The molecular formula is C18H20N2O3. The number of methoxy groups -OCH3 is 1. The van der Waals surface area contributed by atoms with E-state index in [0.29, 0.717) is 24.5 Å². The molecule has 0 spiro atoms. The van der Waals surface area contributed by atoms with Crippen LogP contribution < -0.4 is 9.47 Å². The van der Waals surface area contributed by atoms with Gasteiger partial charge in [0.25, 0.3) is 5.91 Å². The predicted octanol–water partition coefficient (Wildman–Crippen LogP) is 2.90. The van der Waals surface area contributed by atoms with Gasteiger partial charge in [-0.1, -0.05) is 12.1 Å². The highest BCUT2D eigenvalue weighted by Gasteiger charge is 2.34. The highest BCUT2D eigenvalue weighted by Crippen LogP contribution is 2.28. The average molecular weight is 312 g/mol. The number of hydrogen-bond acceptors (Lipinski definition) is 4. The molecule has 0 fully saturated rings. The van der Waals surface area contributed by atoms with E-state index in [1.165, 1.54) is 0 Å². The summed E-state index contributed by atoms with van der Waals surface area (Å²) in [4.78, 5) is 18.8. The van der Waals surface area contributed by atoms with Gasteiger partial charge in [-0.15, -0.1) is 0 Å². The van der Waals surface area contributed by atoms with Crippen molar-refractivity contribution in [1.82, 2.24) is 9.88 Å². The molecule has 0 radical (unpaired) electrons. The van der Waals surface area contributed by atoms with Gasteiger partial charge in [0.1, 0.15) is 16.9 Å². The maximum Gasteiger partial charge on any atom is 0.259 e. The Bertz CT molecular complexity index is 710. The third kappa shape index (κ3) is 3.28. The van der Waals surface area contributed by atoms with Crippen LogP contribution in [0.5, 0.6) is 11.6 Å². The lowest BCUT2D eigenvalue weighted by molar-refractivity contribution is 0.0505. The zero-order chi connectivity index (χ0) is 16.4. The van der Waals surface area contributed by atoms with E-state index in [-0.39, 0.29) is 5.91 Å². The molecule has 5 heteroatoms. The summed E-state index contributed by atoms with van der Waals surface area (Å²) in [5.74, 6) is 1.14. The Morgan fingerprint density at radius 3 is 2.70 bits per heavy atom. The molecule has 0 atom stereocenters. The zero-order valence-electron chi connectivity index (χ0n) is 13.6. The molecule has 0 unspecified atom stereocenters. The fourth-order valence-electron chi connectivity index (χ4n) is 2.71. The van der Waals surface area contributed by atoms with Crippen LogP contribution in [0.1, 0.15) is 29.8 Å². The van der Waals surface area contributed by atoms with E-state index in [2.05, 4.69) is 4.98 Å². The first-order chi connectivity index (χ1) is 11.0. The number of ether oxygens (including phenoxy) is 2. The number of aromatic nitrogens is 1. The molecule has 23 heavy (non-hydrogen) atoms. The SMILES string of the molecule is COc1ccc(CN2CC(C)(C)Oc3ncccc3C2=O)cc1. The molecule has 0 saturated heterocycles. The number of hydrogen-bond donors (Lipinski definition) is 0. The van der Waals surface area contributed by atoms with Crippen molar-refractivity contribution in [2.75, 3.05) is 13.7 Å². The van der Waals surface area contributed by atoms with Crippen molar-refractivity contribution in [2.24, 2.45) is 0 Å². The van der Waals surface area contributed by atoms with Crippen LogP contribution in [0.4, 0.5) is 0 Å². The van der Waals surface area contributed by atoms with Gasteiger partial charge in [0.15, 0.2) is 0 Å². The Kier molecular flexibility index (Phi) is 3.94. The molecule has 2 aromatic rings. The van der Waals surface area contributed by atoms with E-state index < -0.39 is 5.60 Å². The molecule has 0 N–H and O–H groups in total. The Labute approximate surface area is 135 Å². The van der Waals surface area contributed by atoms with Crippen molar-refractivity contribution in [3.05, 3.63) is 53.7 Å². The summed E-state index contributed by atoms with van der Waals surface area (Å²) in [7, 11) is 1.64. The Hall–Kier alpha value is -2.56. The highest BCUT2D eigenvalue weighted by atomic mass is 16.5. The molecule has 1 aliphatic rings. The average Bonchev–Trinajstić information content (AvgIpc) is 2.63. The van der Waals surface area contributed by atoms with Gasteiger partial charge in [-0.2, -0.15) is 0 Å². The van der Waals surface area contributed by atoms with E-state index in [0.717, 1.165) is 11.3 Å². The lowest BCUT2D eigenvalue weighted by atomic mass is 10.1. The van der Waals surface area contributed by atoms with Crippen molar-refractivity contribution in [2.45, 2.75) is 26.0 Å². The van der Waals surface area contributed by atoms with Crippen LogP contribution in [-0.2, 0) is 6.54 Å². The quantitative estimate of drug-likeness (QED) is 0.874. The fourth-order valence-corrected chi connectivity index (χ4v) is 2.71. The molecule has 1 aromatic carbocycles. The maximum atomic E-state index is 12.8. The fraction of sp³-hybridized carbons (Fsp3) is 0.333. The van der Waals surface area contributed by atoms with Crippen LogP contribution in [0.15, 0.2) is 42.6 Å². The number of rotatable bonds is 3. The minimum Gasteiger partial charge on any atom is -0.497 e. The lowest BCUT2D eigenvalue weighted by Crippen LogP contribution is -2.42. The second-order valence-corrected chi connectivity index (χ2v) is 6.23. The van der Waals surface area contributed by atoms with E-state index in [1.807, 2.05) is 38.1 Å². The Morgan fingerprint density at radius 2 is 2.00 bits per heavy atom. The molecule has 1 aromatic heterocycles. The van der Waals surface area contributed by atoms with Gasteiger partial charge in [0, 0.05) is 12.7 Å². The van der Waals surface area contributed by atoms with Gasteiger partial charge in [0.05, 0.1) is 13.7 Å². The first-order valence-electron chi connectivity index (χ1n) is 7.55. The third-order valence-electron chi connectivity index (χ3n) is 3.77. The van der Waals surface area contributed by atoms with Gasteiger partial charge >= 0.3 is 0 Å². The Morgan fingerprint density at radius 1 is 1.26 bits per heavy atom. The topological polar surface area (TPSA) is 51.7 Å². The van der Waals surface area contributed by atoms with Crippen LogP contribution in [0.2, 0.25) is 0 Å². The lowest BCUT2D eigenvalue weighted by Gasteiger charge is -2.29. The maximum absolute atomic E-state index is 12.8. The second kappa shape index (κ2) is 5.91. The van der Waals surface area contributed by atoms with Gasteiger partial charge in [-0.25, -0.2) is 4.98 Å². The molecule has 5 nitrogen and oxygen atoms in total. The predicted molar refractivity (Wildman–Crippen MR) is 86.7 cm³/mol. The summed E-state index contributed by atoms with van der Waals surface area (Å²) in [6.07, 6.45) is 1.64. The van der Waals surface area contributed by atoms with Crippen molar-refractivity contribution >= 4 is 5.91 Å². The number of nitrogens with zero attached hydrogens (tertiary/aromatic N) is 2. The molecule has 0 bridgehead atoms. The first kappa shape index (κ1) is 15.3. The van der Waals surface area contributed by atoms with Crippen LogP contribution >= 0.6 is 0 Å². The summed E-state index contributed by atoms with van der Waals surface area (Å²) < 4.78 is 11.1. The molecule has 0 aliphatic carbocycles. The van der Waals surface area contributed by atoms with E-state index in [9.17, 15) is 4.79 Å². The minimum atomic E-state index is -0.498. The van der Waals surface area contributed by atoms with Crippen LogP contribution in [-0.4, -0.2) is 35.0 Å². The first-order valence-corrected chi connectivity index (χ1v) is 7.55. The summed E-state index contributed by atoms with van der Waals surface area (Å²) in [5, 5.41) is 0. The Balaban J connectivity index is 1.90. The largest absolute Gasteiger partial charge is 0.497 e. The van der Waals surface area contributed by atoms with Crippen molar-refractivity contribution in [1.29, 1.82) is 0 Å². The summed E-state index contributed by atoms with van der Waals surface area (Å²) in [6, 6.07) is 11.2. The van der Waals surface area contributed by atoms with E-state index in [1.54, 1.807) is 30.3 Å². The number of benzene rings is 1. The molecule has 3 rings (SSSR count). The molecule has 0 saturated carbocycles.